The molecule has 2 aromatic carbocycles. The summed E-state index contributed by atoms with van der Waals surface area (Å²) in [5.74, 6) is 6.02. The fourth-order valence-corrected chi connectivity index (χ4v) is 2.51. The van der Waals surface area contributed by atoms with Crippen LogP contribution in [0.25, 0.3) is 0 Å². The van der Waals surface area contributed by atoms with Crippen molar-refractivity contribution in [3.05, 3.63) is 65.7 Å². The number of rotatable bonds is 3. The van der Waals surface area contributed by atoms with Crippen molar-refractivity contribution in [3.8, 4) is 11.8 Å². The van der Waals surface area contributed by atoms with E-state index in [0.29, 0.717) is 0 Å². The number of hydrogen-bond donors (Lipinski definition) is 0. The van der Waals surface area contributed by atoms with Gasteiger partial charge in [0.25, 0.3) is 10.0 Å². The fraction of sp³-hybridized carbons (Fsp3) is 0.118. The lowest BCUT2D eigenvalue weighted by atomic mass is 10.2. The van der Waals surface area contributed by atoms with Gasteiger partial charge >= 0.3 is 0 Å². The van der Waals surface area contributed by atoms with Gasteiger partial charge in [-0.3, -0.25) is 0 Å². The van der Waals surface area contributed by atoms with Crippen LogP contribution in [0.15, 0.2) is 63.9 Å². The number of nitrogens with zero attached hydrogens (tertiary/aromatic N) is 2. The SMILES string of the molecule is CN(C)C=NS(=O)(=O)c1ccc(C#Cc2ccccc2)cc1. The summed E-state index contributed by atoms with van der Waals surface area (Å²) in [6.45, 7) is 0. The lowest BCUT2D eigenvalue weighted by Gasteiger charge is -2.03. The third kappa shape index (κ3) is 4.47. The maximum atomic E-state index is 12.0. The second-order valence-electron chi connectivity index (χ2n) is 4.80. The molecule has 0 saturated heterocycles. The van der Waals surface area contributed by atoms with Crippen molar-refractivity contribution in [3.63, 3.8) is 0 Å². The van der Waals surface area contributed by atoms with Crippen molar-refractivity contribution in [2.45, 2.75) is 4.90 Å². The van der Waals surface area contributed by atoms with Crippen LogP contribution in [0.1, 0.15) is 11.1 Å². The normalized spacial score (nSPS) is 11.0. The van der Waals surface area contributed by atoms with Crippen molar-refractivity contribution >= 4 is 16.4 Å². The van der Waals surface area contributed by atoms with E-state index in [1.165, 1.54) is 18.5 Å². The Hall–Kier alpha value is -2.58. The average Bonchev–Trinajstić information content (AvgIpc) is 2.52. The second-order valence-corrected chi connectivity index (χ2v) is 6.43. The molecule has 0 amide bonds. The fourth-order valence-electron chi connectivity index (χ4n) is 1.59. The Morgan fingerprint density at radius 3 is 2.00 bits per heavy atom. The van der Waals surface area contributed by atoms with Gasteiger partial charge in [-0.1, -0.05) is 30.0 Å². The van der Waals surface area contributed by atoms with E-state index in [0.717, 1.165) is 11.1 Å². The van der Waals surface area contributed by atoms with Crippen LogP contribution < -0.4 is 0 Å². The van der Waals surface area contributed by atoms with Crippen molar-refractivity contribution < 1.29 is 8.42 Å². The van der Waals surface area contributed by atoms with E-state index >= 15 is 0 Å². The van der Waals surface area contributed by atoms with Crippen LogP contribution in [-0.4, -0.2) is 33.8 Å². The van der Waals surface area contributed by atoms with Crippen LogP contribution in [0, 0.1) is 11.8 Å². The van der Waals surface area contributed by atoms with E-state index in [1.807, 2.05) is 30.3 Å². The molecule has 0 spiro atoms. The molecule has 0 atom stereocenters. The van der Waals surface area contributed by atoms with Gasteiger partial charge in [-0.05, 0) is 36.4 Å². The molecule has 22 heavy (non-hydrogen) atoms. The summed E-state index contributed by atoms with van der Waals surface area (Å²) in [5.41, 5.74) is 1.66. The summed E-state index contributed by atoms with van der Waals surface area (Å²) in [6.07, 6.45) is 1.26. The van der Waals surface area contributed by atoms with Crippen LogP contribution in [0.3, 0.4) is 0 Å². The Bertz CT molecular complexity index is 812. The molecule has 5 heteroatoms. The van der Waals surface area contributed by atoms with E-state index < -0.39 is 10.0 Å². The molecule has 2 rings (SSSR count). The second kappa shape index (κ2) is 6.92. The van der Waals surface area contributed by atoms with Gasteiger partial charge in [-0.2, -0.15) is 8.42 Å². The molecular formula is C17H16N2O2S. The molecule has 0 aromatic heterocycles. The van der Waals surface area contributed by atoms with Crippen molar-refractivity contribution in [2.24, 2.45) is 4.40 Å². The van der Waals surface area contributed by atoms with E-state index in [-0.39, 0.29) is 4.90 Å². The Labute approximate surface area is 131 Å². The molecule has 0 saturated carbocycles. The molecule has 0 heterocycles. The first-order chi connectivity index (χ1) is 10.5. The first-order valence-electron chi connectivity index (χ1n) is 6.61. The molecule has 112 valence electrons. The highest BCUT2D eigenvalue weighted by atomic mass is 32.2. The Balaban J connectivity index is 2.20. The third-order valence-corrected chi connectivity index (χ3v) is 3.93. The predicted molar refractivity (Wildman–Crippen MR) is 88.2 cm³/mol. The number of hydrogen-bond acceptors (Lipinski definition) is 2. The summed E-state index contributed by atoms with van der Waals surface area (Å²) >= 11 is 0. The molecular weight excluding hydrogens is 296 g/mol. The molecule has 0 aliphatic rings. The molecule has 4 nitrogen and oxygen atoms in total. The Morgan fingerprint density at radius 1 is 0.909 bits per heavy atom. The van der Waals surface area contributed by atoms with Crippen LogP contribution in [-0.2, 0) is 10.0 Å². The van der Waals surface area contributed by atoms with Crippen LogP contribution in [0.2, 0.25) is 0 Å². The highest BCUT2D eigenvalue weighted by Crippen LogP contribution is 2.13. The van der Waals surface area contributed by atoms with Crippen molar-refractivity contribution in [1.82, 2.24) is 4.90 Å². The Morgan fingerprint density at radius 2 is 1.45 bits per heavy atom. The van der Waals surface area contributed by atoms with Crippen LogP contribution >= 0.6 is 0 Å². The molecule has 0 unspecified atom stereocenters. The molecule has 0 aliphatic carbocycles. The smallest absolute Gasteiger partial charge is 0.283 e. The Kier molecular flexibility index (Phi) is 4.97. The maximum absolute atomic E-state index is 12.0. The first kappa shape index (κ1) is 15.8. The predicted octanol–water partition coefficient (Wildman–Crippen LogP) is 2.37. The van der Waals surface area contributed by atoms with Gasteiger partial charge in [0.15, 0.2) is 0 Å². The quantitative estimate of drug-likeness (QED) is 0.497. The highest BCUT2D eigenvalue weighted by molar-refractivity contribution is 7.90. The van der Waals surface area contributed by atoms with Crippen LogP contribution in [0.5, 0.6) is 0 Å². The van der Waals surface area contributed by atoms with Gasteiger partial charge in [-0.15, -0.1) is 4.40 Å². The standard InChI is InChI=1S/C17H16N2O2S/c1-19(2)14-18-22(20,21)17-12-10-16(11-13-17)9-8-15-6-4-3-5-7-15/h3-7,10-14H,1-2H3. The monoisotopic (exact) mass is 312 g/mol. The van der Waals surface area contributed by atoms with E-state index in [2.05, 4.69) is 16.2 Å². The van der Waals surface area contributed by atoms with E-state index in [9.17, 15) is 8.42 Å². The minimum absolute atomic E-state index is 0.149. The van der Waals surface area contributed by atoms with Crippen molar-refractivity contribution in [2.75, 3.05) is 14.1 Å². The van der Waals surface area contributed by atoms with Gasteiger partial charge in [-0.25, -0.2) is 0 Å². The van der Waals surface area contributed by atoms with Crippen LogP contribution in [0.4, 0.5) is 0 Å². The van der Waals surface area contributed by atoms with Crippen molar-refractivity contribution in [1.29, 1.82) is 0 Å². The van der Waals surface area contributed by atoms with Gasteiger partial charge in [0.2, 0.25) is 0 Å². The lowest BCUT2D eigenvalue weighted by molar-refractivity contribution is 0.595. The summed E-state index contributed by atoms with van der Waals surface area (Å²) in [5, 5.41) is 0. The largest absolute Gasteiger partial charge is 0.368 e. The zero-order valence-electron chi connectivity index (χ0n) is 12.4. The summed E-state index contributed by atoms with van der Waals surface area (Å²) in [7, 11) is -0.240. The molecule has 2 aromatic rings. The van der Waals surface area contributed by atoms with E-state index in [1.54, 1.807) is 31.1 Å². The molecule has 0 radical (unpaired) electrons. The summed E-state index contributed by atoms with van der Waals surface area (Å²) in [6, 6.07) is 16.0. The molecule has 0 N–H and O–H groups in total. The minimum Gasteiger partial charge on any atom is -0.368 e. The molecule has 0 fully saturated rings. The lowest BCUT2D eigenvalue weighted by Crippen LogP contribution is -2.10. The molecule has 0 bridgehead atoms. The number of benzene rings is 2. The zero-order valence-corrected chi connectivity index (χ0v) is 13.2. The minimum atomic E-state index is -3.66. The first-order valence-corrected chi connectivity index (χ1v) is 8.05. The van der Waals surface area contributed by atoms with E-state index in [4.69, 9.17) is 0 Å². The topological polar surface area (TPSA) is 49.7 Å². The molecule has 0 aliphatic heterocycles. The van der Waals surface area contributed by atoms with Gasteiger partial charge in [0, 0.05) is 25.2 Å². The third-order valence-electron chi connectivity index (χ3n) is 2.69. The van der Waals surface area contributed by atoms with Gasteiger partial charge in [0.05, 0.1) is 4.90 Å². The average molecular weight is 312 g/mol. The highest BCUT2D eigenvalue weighted by Gasteiger charge is 2.11. The number of sulfonamides is 1. The summed E-state index contributed by atoms with van der Waals surface area (Å²) < 4.78 is 27.5. The van der Waals surface area contributed by atoms with Gasteiger partial charge in [0.1, 0.15) is 6.34 Å². The zero-order chi connectivity index (χ0) is 16.0. The summed E-state index contributed by atoms with van der Waals surface area (Å²) in [4.78, 5) is 1.72. The van der Waals surface area contributed by atoms with Gasteiger partial charge < -0.3 is 4.90 Å². The maximum Gasteiger partial charge on any atom is 0.283 e.